The van der Waals surface area contributed by atoms with Crippen molar-refractivity contribution in [1.82, 2.24) is 9.78 Å². The second-order valence-corrected chi connectivity index (χ2v) is 5.28. The first-order valence-electron chi connectivity index (χ1n) is 6.76. The van der Waals surface area contributed by atoms with Gasteiger partial charge in [0.2, 0.25) is 0 Å². The predicted molar refractivity (Wildman–Crippen MR) is 75.6 cm³/mol. The molecule has 0 aliphatic rings. The summed E-state index contributed by atoms with van der Waals surface area (Å²) in [6, 6.07) is 1.01. The Labute approximate surface area is 129 Å². The number of rotatable bonds is 6. The van der Waals surface area contributed by atoms with Crippen molar-refractivity contribution in [3.05, 3.63) is 35.5 Å². The molecule has 0 unspecified atom stereocenters. The number of nitrogens with zero attached hydrogens (tertiary/aromatic N) is 2. The third-order valence-electron chi connectivity index (χ3n) is 2.94. The smallest absolute Gasteiger partial charge is 0.338 e. The number of halogens is 2. The Morgan fingerprint density at radius 2 is 2.13 bits per heavy atom. The summed E-state index contributed by atoms with van der Waals surface area (Å²) in [7, 11) is 0. The number of alkyl halides is 2. The lowest BCUT2D eigenvalue weighted by molar-refractivity contribution is 0.0695. The lowest BCUT2D eigenvalue weighted by Gasteiger charge is -2.11. The zero-order valence-corrected chi connectivity index (χ0v) is 12.4. The van der Waals surface area contributed by atoms with E-state index in [0.717, 1.165) is 23.2 Å². The van der Waals surface area contributed by atoms with Gasteiger partial charge in [-0.25, -0.2) is 13.6 Å². The highest BCUT2D eigenvalue weighted by Gasteiger charge is 2.23. The molecule has 2 aromatic rings. The number of hydrogen-bond donors (Lipinski definition) is 2. The first-order chi connectivity index (χ1) is 10.8. The Morgan fingerprint density at radius 3 is 2.65 bits per heavy atom. The van der Waals surface area contributed by atoms with Gasteiger partial charge in [-0.2, -0.15) is 5.10 Å². The zero-order valence-electron chi connectivity index (χ0n) is 12.4. The maximum Gasteiger partial charge on any atom is 0.338 e. The maximum absolute atomic E-state index is 13.2. The topological polar surface area (TPSA) is 97.4 Å². The highest BCUT2D eigenvalue weighted by molar-refractivity contribution is 6.03. The molecule has 0 aromatic carbocycles. The first kappa shape index (κ1) is 16.7. The lowest BCUT2D eigenvalue weighted by Crippen LogP contribution is -2.14. The molecule has 0 radical (unpaired) electrons. The molecule has 2 heterocycles. The minimum atomic E-state index is -2.82. The molecule has 0 bridgehead atoms. The number of furan rings is 1. The fraction of sp³-hybridized carbons (Fsp3) is 0.357. The van der Waals surface area contributed by atoms with Crippen LogP contribution in [-0.4, -0.2) is 26.8 Å². The molecule has 2 N–H and O–H groups in total. The van der Waals surface area contributed by atoms with E-state index in [0.29, 0.717) is 0 Å². The number of carboxylic acid groups (broad SMARTS) is 1. The number of aromatic carboxylic acids is 1. The van der Waals surface area contributed by atoms with Crippen molar-refractivity contribution in [2.75, 3.05) is 5.32 Å². The third-order valence-corrected chi connectivity index (χ3v) is 2.94. The molecule has 7 nitrogen and oxygen atoms in total. The number of hydrogen-bond acceptors (Lipinski definition) is 4. The summed E-state index contributed by atoms with van der Waals surface area (Å²) in [5, 5.41) is 14.9. The number of nitrogens with one attached hydrogen (secondary N) is 1. The van der Waals surface area contributed by atoms with Gasteiger partial charge in [-0.3, -0.25) is 9.48 Å². The van der Waals surface area contributed by atoms with Crippen LogP contribution in [0.2, 0.25) is 0 Å². The van der Waals surface area contributed by atoms with Gasteiger partial charge in [-0.1, -0.05) is 13.8 Å². The predicted octanol–water partition coefficient (Wildman–Crippen LogP) is 3.02. The summed E-state index contributed by atoms with van der Waals surface area (Å²) >= 11 is 0. The summed E-state index contributed by atoms with van der Waals surface area (Å²) in [5.41, 5.74) is -0.754. The van der Waals surface area contributed by atoms with Crippen LogP contribution in [0.15, 0.2) is 22.9 Å². The molecule has 0 saturated heterocycles. The molecular weight excluding hydrogens is 312 g/mol. The fourth-order valence-corrected chi connectivity index (χ4v) is 1.96. The lowest BCUT2D eigenvalue weighted by atomic mass is 10.2. The highest BCUT2D eigenvalue weighted by atomic mass is 19.3. The van der Waals surface area contributed by atoms with Gasteiger partial charge in [0.1, 0.15) is 12.0 Å². The van der Waals surface area contributed by atoms with E-state index in [-0.39, 0.29) is 29.5 Å². The van der Waals surface area contributed by atoms with E-state index in [1.807, 2.05) is 13.8 Å². The highest BCUT2D eigenvalue weighted by Crippen LogP contribution is 2.28. The molecule has 23 heavy (non-hydrogen) atoms. The van der Waals surface area contributed by atoms with Crippen molar-refractivity contribution >= 4 is 17.6 Å². The number of carbonyl (C=O) groups excluding carboxylic acids is 1. The van der Waals surface area contributed by atoms with Crippen LogP contribution in [-0.2, 0) is 6.54 Å². The third kappa shape index (κ3) is 3.74. The molecule has 0 fully saturated rings. The largest absolute Gasteiger partial charge is 0.478 e. The van der Waals surface area contributed by atoms with Crippen molar-refractivity contribution < 1.29 is 27.9 Å². The summed E-state index contributed by atoms with van der Waals surface area (Å²) in [5.74, 6) is -2.28. The molecule has 2 rings (SSSR count). The van der Waals surface area contributed by atoms with Crippen LogP contribution in [0.25, 0.3) is 0 Å². The van der Waals surface area contributed by atoms with Crippen molar-refractivity contribution in [3.63, 3.8) is 0 Å². The summed E-state index contributed by atoms with van der Waals surface area (Å²) < 4.78 is 32.4. The fourth-order valence-electron chi connectivity index (χ4n) is 1.96. The molecule has 2 aromatic heterocycles. The Bertz CT molecular complexity index is 721. The van der Waals surface area contributed by atoms with E-state index in [2.05, 4.69) is 10.4 Å². The monoisotopic (exact) mass is 327 g/mol. The van der Waals surface area contributed by atoms with Crippen LogP contribution >= 0.6 is 0 Å². The van der Waals surface area contributed by atoms with Crippen molar-refractivity contribution in [2.45, 2.75) is 26.8 Å². The number of amides is 1. The Morgan fingerprint density at radius 1 is 1.43 bits per heavy atom. The van der Waals surface area contributed by atoms with Gasteiger partial charge in [-0.15, -0.1) is 0 Å². The summed E-state index contributed by atoms with van der Waals surface area (Å²) in [6.45, 7) is 3.98. The van der Waals surface area contributed by atoms with Crippen molar-refractivity contribution in [1.29, 1.82) is 0 Å². The van der Waals surface area contributed by atoms with Crippen LogP contribution in [0.3, 0.4) is 0 Å². The van der Waals surface area contributed by atoms with Crippen LogP contribution < -0.4 is 5.32 Å². The SMILES string of the molecule is CC(C)Cn1ncc(NC(=O)c2cc(C(=O)O)co2)c1C(F)F. The number of carboxylic acids is 1. The van der Waals surface area contributed by atoms with E-state index in [1.165, 1.54) is 0 Å². The molecule has 9 heteroatoms. The standard InChI is InChI=1S/C14H15F2N3O4/c1-7(2)5-19-11(12(15)16)9(4-17-19)18-13(20)10-3-8(6-23-10)14(21)22/h3-4,6-7,12H,5H2,1-2H3,(H,18,20)(H,21,22). The molecule has 0 aliphatic heterocycles. The van der Waals surface area contributed by atoms with E-state index >= 15 is 0 Å². The first-order valence-corrected chi connectivity index (χ1v) is 6.76. The van der Waals surface area contributed by atoms with Gasteiger partial charge in [0.25, 0.3) is 12.3 Å². The average Bonchev–Trinajstić information content (AvgIpc) is 3.05. The van der Waals surface area contributed by atoms with E-state index in [1.54, 1.807) is 0 Å². The van der Waals surface area contributed by atoms with Crippen LogP contribution in [0, 0.1) is 5.92 Å². The zero-order chi connectivity index (χ0) is 17.1. The minimum absolute atomic E-state index is 0.0964. The Balaban J connectivity index is 2.23. The number of aromatic nitrogens is 2. The maximum atomic E-state index is 13.2. The molecule has 124 valence electrons. The molecule has 0 atom stereocenters. The number of anilines is 1. The van der Waals surface area contributed by atoms with Crippen LogP contribution in [0.4, 0.5) is 14.5 Å². The van der Waals surface area contributed by atoms with Gasteiger partial charge in [0.05, 0.1) is 17.4 Å². The minimum Gasteiger partial charge on any atom is -0.478 e. The van der Waals surface area contributed by atoms with Crippen molar-refractivity contribution in [3.8, 4) is 0 Å². The van der Waals surface area contributed by atoms with Gasteiger partial charge < -0.3 is 14.8 Å². The summed E-state index contributed by atoms with van der Waals surface area (Å²) in [4.78, 5) is 22.7. The Hall–Kier alpha value is -2.71. The molecule has 0 aliphatic carbocycles. The van der Waals surface area contributed by atoms with Gasteiger partial charge in [0, 0.05) is 12.6 Å². The second kappa shape index (κ2) is 6.59. The molecule has 1 amide bonds. The van der Waals surface area contributed by atoms with Crippen LogP contribution in [0.1, 0.15) is 46.9 Å². The van der Waals surface area contributed by atoms with Crippen molar-refractivity contribution in [2.24, 2.45) is 5.92 Å². The second-order valence-electron chi connectivity index (χ2n) is 5.28. The molecule has 0 spiro atoms. The molecular formula is C14H15F2N3O4. The van der Waals surface area contributed by atoms with E-state index < -0.39 is 24.0 Å². The van der Waals surface area contributed by atoms with Gasteiger partial charge in [0.15, 0.2) is 5.76 Å². The van der Waals surface area contributed by atoms with E-state index in [4.69, 9.17) is 9.52 Å². The average molecular weight is 327 g/mol. The Kier molecular flexibility index (Phi) is 4.77. The quantitative estimate of drug-likeness (QED) is 0.850. The summed E-state index contributed by atoms with van der Waals surface area (Å²) in [6.07, 6.45) is -0.797. The molecule has 0 saturated carbocycles. The normalized spacial score (nSPS) is 11.2. The van der Waals surface area contributed by atoms with Gasteiger partial charge >= 0.3 is 5.97 Å². The number of carbonyl (C=O) groups is 2. The van der Waals surface area contributed by atoms with Gasteiger partial charge in [-0.05, 0) is 5.92 Å². The van der Waals surface area contributed by atoms with E-state index in [9.17, 15) is 18.4 Å². The van der Waals surface area contributed by atoms with Crippen LogP contribution in [0.5, 0.6) is 0 Å².